The Kier molecular flexibility index (Phi) is 10.4. The van der Waals surface area contributed by atoms with Crippen LogP contribution in [-0.4, -0.2) is 23.5 Å². The van der Waals surface area contributed by atoms with Crippen molar-refractivity contribution in [3.05, 3.63) is 0 Å². The Labute approximate surface area is 113 Å². The Morgan fingerprint density at radius 2 is 1.62 bits per heavy atom. The summed E-state index contributed by atoms with van der Waals surface area (Å²) in [6, 6.07) is 0. The van der Waals surface area contributed by atoms with Gasteiger partial charge in [0.25, 0.3) is 0 Å². The molecule has 0 aliphatic carbocycles. The first-order chi connectivity index (χ1) is 5.60. The molecule has 1 radical (unpaired) electrons. The molecule has 0 unspecified atom stereocenters. The molecule has 81 valence electrons. The van der Waals surface area contributed by atoms with Crippen LogP contribution in [0.3, 0.4) is 0 Å². The molecule has 0 aromatic heterocycles. The predicted molar refractivity (Wildman–Crippen MR) is 53.8 cm³/mol. The summed E-state index contributed by atoms with van der Waals surface area (Å²) in [4.78, 5) is 4.06. The second-order valence-electron chi connectivity index (χ2n) is 3.34. The minimum atomic E-state index is -0.641. The van der Waals surface area contributed by atoms with Crippen molar-refractivity contribution < 1.29 is 43.7 Å². The maximum absolute atomic E-state index is 10.1. The van der Waals surface area contributed by atoms with E-state index in [0.29, 0.717) is 0 Å². The first kappa shape index (κ1) is 16.3. The van der Waals surface area contributed by atoms with Gasteiger partial charge in [-0.15, -0.1) is 0 Å². The molecule has 0 amide bonds. The molecule has 0 saturated heterocycles. The Morgan fingerprint density at radius 3 is 1.85 bits per heavy atom. The van der Waals surface area contributed by atoms with E-state index in [4.69, 9.17) is 0 Å². The average Bonchev–Trinajstić information content (AvgIpc) is 2.04. The maximum Gasteiger partial charge on any atom is 0.102 e. The fourth-order valence-corrected chi connectivity index (χ4v) is 1.52. The van der Waals surface area contributed by atoms with Crippen LogP contribution in [0.4, 0.5) is 0 Å². The maximum atomic E-state index is 10.1. The van der Waals surface area contributed by atoms with Crippen molar-refractivity contribution in [3.63, 3.8) is 0 Å². The van der Waals surface area contributed by atoms with Crippen molar-refractivity contribution in [3.8, 4) is 0 Å². The summed E-state index contributed by atoms with van der Waals surface area (Å²) in [5.74, 6) is 0. The zero-order chi connectivity index (χ0) is 9.61. The van der Waals surface area contributed by atoms with Gasteiger partial charge in [-0.25, -0.2) is 0 Å². The smallest absolute Gasteiger partial charge is 0.102 e. The Bertz CT molecular complexity index is 151. The van der Waals surface area contributed by atoms with Gasteiger partial charge in [-0.2, -0.15) is 0 Å². The van der Waals surface area contributed by atoms with Crippen LogP contribution in [-0.2, 0) is 0 Å². The number of nitrogens with zero attached hydrogens (tertiary/aromatic N) is 1. The second kappa shape index (κ2) is 8.24. The molecule has 13 heavy (non-hydrogen) atoms. The first-order valence-electron chi connectivity index (χ1n) is 4.77. The Morgan fingerprint density at radius 1 is 1.23 bits per heavy atom. The van der Waals surface area contributed by atoms with Crippen LogP contribution in [0.2, 0.25) is 0 Å². The van der Waals surface area contributed by atoms with E-state index in [2.05, 4.69) is 18.8 Å². The van der Waals surface area contributed by atoms with Crippen LogP contribution in [0.1, 0.15) is 46.5 Å². The van der Waals surface area contributed by atoms with Crippen molar-refractivity contribution in [1.82, 2.24) is 0 Å². The summed E-state index contributed by atoms with van der Waals surface area (Å²) >= 11 is 0. The topological polar surface area (TPSA) is 32.6 Å². The van der Waals surface area contributed by atoms with Crippen molar-refractivity contribution in [2.45, 2.75) is 52.1 Å². The van der Waals surface area contributed by atoms with E-state index in [9.17, 15) is 5.11 Å². The van der Waals surface area contributed by atoms with Crippen molar-refractivity contribution in [2.75, 3.05) is 7.05 Å². The number of aliphatic imine (C=N–C) groups is 1. The van der Waals surface area contributed by atoms with Crippen molar-refractivity contribution in [1.29, 1.82) is 0 Å². The van der Waals surface area contributed by atoms with Gasteiger partial charge >= 0.3 is 0 Å². The summed E-state index contributed by atoms with van der Waals surface area (Å²) < 4.78 is 0. The molecule has 0 aromatic rings. The molecular formula is C10H21NOTb. The standard InChI is InChI=1S/C10H21NO.Tb/c1-5-7-10(12,8-6-2)9(3)11-4;/h12H,5-8H2,1-4H3;. The number of hydrogen-bond donors (Lipinski definition) is 1. The van der Waals surface area contributed by atoms with Gasteiger partial charge in [0, 0.05) is 51.4 Å². The largest absolute Gasteiger partial charge is 0.384 e. The van der Waals surface area contributed by atoms with Crippen molar-refractivity contribution in [2.24, 2.45) is 4.99 Å². The summed E-state index contributed by atoms with van der Waals surface area (Å²) in [6.45, 7) is 6.08. The van der Waals surface area contributed by atoms with Crippen LogP contribution in [0.15, 0.2) is 4.99 Å². The van der Waals surface area contributed by atoms with Gasteiger partial charge in [0.05, 0.1) is 0 Å². The van der Waals surface area contributed by atoms with Gasteiger partial charge < -0.3 is 5.11 Å². The molecule has 0 spiro atoms. The third-order valence-corrected chi connectivity index (χ3v) is 2.34. The molecule has 0 atom stereocenters. The number of rotatable bonds is 5. The first-order valence-corrected chi connectivity index (χ1v) is 4.77. The number of hydrogen-bond acceptors (Lipinski definition) is 2. The molecule has 0 aliphatic rings. The zero-order valence-electron chi connectivity index (χ0n) is 9.06. The zero-order valence-corrected chi connectivity index (χ0v) is 11.2. The van der Waals surface area contributed by atoms with Crippen LogP contribution in [0, 0.1) is 38.6 Å². The van der Waals surface area contributed by atoms with Crippen LogP contribution in [0.5, 0.6) is 0 Å². The van der Waals surface area contributed by atoms with Gasteiger partial charge in [0.1, 0.15) is 5.60 Å². The van der Waals surface area contributed by atoms with Gasteiger partial charge in [0.2, 0.25) is 0 Å². The van der Waals surface area contributed by atoms with E-state index in [0.717, 1.165) is 31.4 Å². The Hall–Kier alpha value is 0.916. The fourth-order valence-electron chi connectivity index (χ4n) is 1.52. The summed E-state index contributed by atoms with van der Waals surface area (Å²) in [7, 11) is 1.74. The molecular weight excluding hydrogens is 309 g/mol. The molecule has 0 heterocycles. The SMILES string of the molecule is CCCC(O)(CCC)C(C)=NC.[Tb]. The van der Waals surface area contributed by atoms with Gasteiger partial charge in [-0.1, -0.05) is 26.7 Å². The molecule has 3 heteroatoms. The van der Waals surface area contributed by atoms with Gasteiger partial charge in [-0.05, 0) is 19.8 Å². The monoisotopic (exact) mass is 330 g/mol. The third-order valence-electron chi connectivity index (χ3n) is 2.34. The molecule has 0 aliphatic heterocycles. The molecule has 0 bridgehead atoms. The van der Waals surface area contributed by atoms with Crippen LogP contribution >= 0.6 is 0 Å². The molecule has 2 nitrogen and oxygen atoms in total. The van der Waals surface area contributed by atoms with E-state index in [-0.39, 0.29) is 38.6 Å². The van der Waals surface area contributed by atoms with Crippen LogP contribution in [0.25, 0.3) is 0 Å². The molecule has 1 N–H and O–H groups in total. The second-order valence-corrected chi connectivity index (χ2v) is 3.34. The molecule has 0 saturated carbocycles. The van der Waals surface area contributed by atoms with Gasteiger partial charge in [0.15, 0.2) is 0 Å². The molecule has 0 fully saturated rings. The van der Waals surface area contributed by atoms with E-state index in [1.54, 1.807) is 7.05 Å². The van der Waals surface area contributed by atoms with Crippen LogP contribution < -0.4 is 0 Å². The van der Waals surface area contributed by atoms with E-state index < -0.39 is 5.60 Å². The summed E-state index contributed by atoms with van der Waals surface area (Å²) in [5.41, 5.74) is 0.226. The minimum Gasteiger partial charge on any atom is -0.384 e. The summed E-state index contributed by atoms with van der Waals surface area (Å²) in [6.07, 6.45) is 3.65. The van der Waals surface area contributed by atoms with E-state index in [1.165, 1.54) is 0 Å². The predicted octanol–water partition coefficient (Wildman–Crippen LogP) is 2.41. The number of aliphatic hydroxyl groups is 1. The normalized spacial score (nSPS) is 12.5. The summed E-state index contributed by atoms with van der Waals surface area (Å²) in [5, 5.41) is 10.1. The van der Waals surface area contributed by atoms with E-state index >= 15 is 0 Å². The molecule has 0 rings (SSSR count). The fraction of sp³-hybridized carbons (Fsp3) is 0.900. The van der Waals surface area contributed by atoms with E-state index in [1.807, 2.05) is 6.92 Å². The minimum absolute atomic E-state index is 0. The molecule has 0 aromatic carbocycles. The third kappa shape index (κ3) is 5.38. The van der Waals surface area contributed by atoms with Gasteiger partial charge in [-0.3, -0.25) is 4.99 Å². The Balaban J connectivity index is 0. The van der Waals surface area contributed by atoms with Crippen molar-refractivity contribution >= 4 is 5.71 Å². The quantitative estimate of drug-likeness (QED) is 0.772. The average molecular weight is 330 g/mol.